The van der Waals surface area contributed by atoms with E-state index in [1.165, 1.54) is 14.2 Å². The summed E-state index contributed by atoms with van der Waals surface area (Å²) in [7, 11) is 3.00. The minimum absolute atomic E-state index is 0.290. The fourth-order valence-corrected chi connectivity index (χ4v) is 1.40. The molecule has 1 aliphatic rings. The molecule has 0 aromatic carbocycles. The third-order valence-corrected chi connectivity index (χ3v) is 2.10. The number of allylic oxidation sites excluding steroid dienone is 4. The standard InChI is InChI=1S/C10H10N2O2/c1-13-9-3-4-10(14-2)8(6-12)7(9)5-11/h3-4H2,1-2H3. The molecular weight excluding hydrogens is 180 g/mol. The molecule has 0 saturated heterocycles. The Morgan fingerprint density at radius 3 is 1.50 bits per heavy atom. The second-order valence-corrected chi connectivity index (χ2v) is 2.73. The molecule has 0 amide bonds. The van der Waals surface area contributed by atoms with E-state index in [0.717, 1.165) is 0 Å². The Morgan fingerprint density at radius 2 is 1.29 bits per heavy atom. The van der Waals surface area contributed by atoms with Crippen LogP contribution >= 0.6 is 0 Å². The van der Waals surface area contributed by atoms with E-state index in [-0.39, 0.29) is 11.1 Å². The van der Waals surface area contributed by atoms with Gasteiger partial charge in [-0.15, -0.1) is 0 Å². The molecule has 0 atom stereocenters. The molecule has 0 aromatic rings. The van der Waals surface area contributed by atoms with E-state index in [4.69, 9.17) is 20.0 Å². The second kappa shape index (κ2) is 4.34. The largest absolute Gasteiger partial charge is 0.500 e. The highest BCUT2D eigenvalue weighted by Gasteiger charge is 2.23. The van der Waals surface area contributed by atoms with Gasteiger partial charge in [0.25, 0.3) is 0 Å². The zero-order valence-electron chi connectivity index (χ0n) is 8.13. The Hall–Kier alpha value is -1.94. The van der Waals surface area contributed by atoms with Crippen molar-refractivity contribution in [2.24, 2.45) is 0 Å². The van der Waals surface area contributed by atoms with Crippen molar-refractivity contribution in [2.45, 2.75) is 12.8 Å². The maximum absolute atomic E-state index is 8.88. The van der Waals surface area contributed by atoms with Crippen molar-refractivity contribution in [3.05, 3.63) is 22.7 Å². The summed E-state index contributed by atoms with van der Waals surface area (Å²) in [4.78, 5) is 0. The van der Waals surface area contributed by atoms with Crippen LogP contribution in [0.25, 0.3) is 0 Å². The molecule has 0 fully saturated rings. The molecule has 4 nitrogen and oxygen atoms in total. The lowest BCUT2D eigenvalue weighted by atomic mass is 9.96. The molecular formula is C10H10N2O2. The summed E-state index contributed by atoms with van der Waals surface area (Å²) in [5, 5.41) is 17.8. The first-order valence-electron chi connectivity index (χ1n) is 4.13. The molecule has 14 heavy (non-hydrogen) atoms. The van der Waals surface area contributed by atoms with Crippen LogP contribution in [0.1, 0.15) is 12.8 Å². The van der Waals surface area contributed by atoms with Crippen molar-refractivity contribution in [3.8, 4) is 12.1 Å². The Morgan fingerprint density at radius 1 is 0.929 bits per heavy atom. The van der Waals surface area contributed by atoms with Gasteiger partial charge in [0.2, 0.25) is 0 Å². The summed E-state index contributed by atoms with van der Waals surface area (Å²) < 4.78 is 10.1. The quantitative estimate of drug-likeness (QED) is 0.663. The van der Waals surface area contributed by atoms with Gasteiger partial charge in [0, 0.05) is 12.8 Å². The van der Waals surface area contributed by atoms with Crippen LogP contribution in [-0.4, -0.2) is 14.2 Å². The minimum Gasteiger partial charge on any atom is -0.500 e. The molecule has 1 aliphatic carbocycles. The summed E-state index contributed by atoms with van der Waals surface area (Å²) in [5.41, 5.74) is 0.580. The van der Waals surface area contributed by atoms with Crippen molar-refractivity contribution >= 4 is 0 Å². The molecule has 1 rings (SSSR count). The van der Waals surface area contributed by atoms with Crippen LogP contribution in [0.4, 0.5) is 0 Å². The number of rotatable bonds is 2. The van der Waals surface area contributed by atoms with E-state index in [0.29, 0.717) is 24.4 Å². The number of hydrogen-bond donors (Lipinski definition) is 0. The third kappa shape index (κ3) is 1.55. The number of methoxy groups -OCH3 is 2. The van der Waals surface area contributed by atoms with Crippen LogP contribution in [0.3, 0.4) is 0 Å². The van der Waals surface area contributed by atoms with Crippen LogP contribution in [0.2, 0.25) is 0 Å². The van der Waals surface area contributed by atoms with E-state index in [9.17, 15) is 0 Å². The highest BCUT2D eigenvalue weighted by Crippen LogP contribution is 2.30. The third-order valence-electron chi connectivity index (χ3n) is 2.10. The normalized spacial score (nSPS) is 16.0. The first-order chi connectivity index (χ1) is 6.78. The van der Waals surface area contributed by atoms with Gasteiger partial charge in [0.05, 0.1) is 14.2 Å². The molecule has 4 heteroatoms. The number of nitrogens with zero attached hydrogens (tertiary/aromatic N) is 2. The van der Waals surface area contributed by atoms with Crippen molar-refractivity contribution in [2.75, 3.05) is 14.2 Å². The van der Waals surface area contributed by atoms with Gasteiger partial charge in [-0.2, -0.15) is 10.5 Å². The minimum atomic E-state index is 0.290. The van der Waals surface area contributed by atoms with Gasteiger partial charge < -0.3 is 9.47 Å². The van der Waals surface area contributed by atoms with Crippen LogP contribution in [0.5, 0.6) is 0 Å². The second-order valence-electron chi connectivity index (χ2n) is 2.73. The predicted octanol–water partition coefficient (Wildman–Crippen LogP) is 1.63. The molecule has 0 bridgehead atoms. The molecule has 0 aliphatic heterocycles. The zero-order valence-corrected chi connectivity index (χ0v) is 8.13. The molecule has 0 radical (unpaired) electrons. The lowest BCUT2D eigenvalue weighted by Gasteiger charge is -2.17. The summed E-state index contributed by atoms with van der Waals surface area (Å²) in [6.07, 6.45) is 1.21. The van der Waals surface area contributed by atoms with Gasteiger partial charge in [-0.05, 0) is 0 Å². The average Bonchev–Trinajstić information content (AvgIpc) is 2.26. The van der Waals surface area contributed by atoms with Crippen LogP contribution in [0.15, 0.2) is 22.7 Å². The van der Waals surface area contributed by atoms with E-state index < -0.39 is 0 Å². The monoisotopic (exact) mass is 190 g/mol. The SMILES string of the molecule is COC1=C(C#N)C(C#N)=C(OC)CC1. The first-order valence-corrected chi connectivity index (χ1v) is 4.13. The zero-order chi connectivity index (χ0) is 10.6. The fourth-order valence-electron chi connectivity index (χ4n) is 1.40. The summed E-state index contributed by atoms with van der Waals surface area (Å²) in [6, 6.07) is 3.93. The topological polar surface area (TPSA) is 66.0 Å². The van der Waals surface area contributed by atoms with Gasteiger partial charge in [-0.1, -0.05) is 0 Å². The molecule has 0 saturated carbocycles. The van der Waals surface area contributed by atoms with Crippen LogP contribution in [-0.2, 0) is 9.47 Å². The van der Waals surface area contributed by atoms with Gasteiger partial charge in [0.15, 0.2) is 0 Å². The lowest BCUT2D eigenvalue weighted by Crippen LogP contribution is -2.07. The molecule has 72 valence electrons. The van der Waals surface area contributed by atoms with E-state index in [2.05, 4.69) is 0 Å². The number of ether oxygens (including phenoxy) is 2. The Balaban J connectivity index is 3.25. The highest BCUT2D eigenvalue weighted by atomic mass is 16.5. The van der Waals surface area contributed by atoms with Crippen LogP contribution in [0, 0.1) is 22.7 Å². The van der Waals surface area contributed by atoms with Gasteiger partial charge in [-0.25, -0.2) is 0 Å². The van der Waals surface area contributed by atoms with E-state index in [1.807, 2.05) is 12.1 Å². The molecule has 0 heterocycles. The Kier molecular flexibility index (Phi) is 3.14. The molecule has 0 N–H and O–H groups in total. The maximum atomic E-state index is 8.88. The van der Waals surface area contributed by atoms with Gasteiger partial charge in [0.1, 0.15) is 34.8 Å². The van der Waals surface area contributed by atoms with Gasteiger partial charge in [-0.3, -0.25) is 0 Å². The Bertz CT molecular complexity index is 342. The van der Waals surface area contributed by atoms with E-state index in [1.54, 1.807) is 0 Å². The van der Waals surface area contributed by atoms with Gasteiger partial charge >= 0.3 is 0 Å². The fraction of sp³-hybridized carbons (Fsp3) is 0.400. The van der Waals surface area contributed by atoms with Crippen molar-refractivity contribution in [1.82, 2.24) is 0 Å². The molecule has 0 aromatic heterocycles. The molecule has 0 unspecified atom stereocenters. The van der Waals surface area contributed by atoms with E-state index >= 15 is 0 Å². The molecule has 0 spiro atoms. The van der Waals surface area contributed by atoms with Crippen molar-refractivity contribution in [1.29, 1.82) is 10.5 Å². The Labute approximate surface area is 82.7 Å². The predicted molar refractivity (Wildman–Crippen MR) is 48.5 cm³/mol. The van der Waals surface area contributed by atoms with Crippen molar-refractivity contribution in [3.63, 3.8) is 0 Å². The summed E-state index contributed by atoms with van der Waals surface area (Å²) >= 11 is 0. The highest BCUT2D eigenvalue weighted by molar-refractivity contribution is 5.54. The summed E-state index contributed by atoms with van der Waals surface area (Å²) in [5.74, 6) is 1.12. The number of nitriles is 2. The lowest BCUT2D eigenvalue weighted by molar-refractivity contribution is 0.239. The maximum Gasteiger partial charge on any atom is 0.115 e. The first kappa shape index (κ1) is 10.1. The summed E-state index contributed by atoms with van der Waals surface area (Å²) in [6.45, 7) is 0. The van der Waals surface area contributed by atoms with Crippen LogP contribution < -0.4 is 0 Å². The number of hydrogen-bond acceptors (Lipinski definition) is 4. The average molecular weight is 190 g/mol. The van der Waals surface area contributed by atoms with Crippen molar-refractivity contribution < 1.29 is 9.47 Å². The smallest absolute Gasteiger partial charge is 0.115 e.